The lowest BCUT2D eigenvalue weighted by atomic mass is 9.77. The largest absolute Gasteiger partial charge is 0.354 e. The van der Waals surface area contributed by atoms with Crippen LogP contribution in [0.25, 0.3) is 10.9 Å². The number of aromatic nitrogens is 1. The highest BCUT2D eigenvalue weighted by molar-refractivity contribution is 5.80. The zero-order valence-corrected chi connectivity index (χ0v) is 12.9. The average molecular weight is 271 g/mol. The predicted octanol–water partition coefficient (Wildman–Crippen LogP) is 4.86. The molecule has 1 saturated heterocycles. The summed E-state index contributed by atoms with van der Waals surface area (Å²) in [6, 6.07) is 10.7. The second-order valence-corrected chi connectivity index (χ2v) is 6.33. The highest BCUT2D eigenvalue weighted by Crippen LogP contribution is 2.42. The van der Waals surface area contributed by atoms with Crippen molar-refractivity contribution >= 4 is 10.9 Å². The summed E-state index contributed by atoms with van der Waals surface area (Å²) in [5.74, 6) is 1.84. The molecule has 1 fully saturated rings. The van der Waals surface area contributed by atoms with Gasteiger partial charge >= 0.3 is 0 Å². The monoisotopic (exact) mass is 271 g/mol. The van der Waals surface area contributed by atoms with Gasteiger partial charge < -0.3 is 9.30 Å². The smallest absolute Gasteiger partial charge is 0.137 e. The molecule has 1 unspecified atom stereocenters. The summed E-state index contributed by atoms with van der Waals surface area (Å²) >= 11 is 0. The van der Waals surface area contributed by atoms with Crippen molar-refractivity contribution in [2.75, 3.05) is 0 Å². The molecule has 108 valence electrons. The van der Waals surface area contributed by atoms with Crippen molar-refractivity contribution in [1.82, 2.24) is 4.57 Å². The van der Waals surface area contributed by atoms with Gasteiger partial charge in [0.05, 0.1) is 11.6 Å². The van der Waals surface area contributed by atoms with Crippen LogP contribution in [0.2, 0.25) is 0 Å². The molecule has 3 rings (SSSR count). The van der Waals surface area contributed by atoms with Gasteiger partial charge in [-0.2, -0.15) is 0 Å². The highest BCUT2D eigenvalue weighted by Gasteiger charge is 2.39. The van der Waals surface area contributed by atoms with E-state index in [0.29, 0.717) is 23.9 Å². The number of hydrogen-bond acceptors (Lipinski definition) is 1. The molecule has 0 saturated carbocycles. The Morgan fingerprint density at radius 1 is 1.00 bits per heavy atom. The van der Waals surface area contributed by atoms with Gasteiger partial charge in [-0.1, -0.05) is 45.9 Å². The Morgan fingerprint density at radius 3 is 2.50 bits per heavy atom. The summed E-state index contributed by atoms with van der Waals surface area (Å²) in [5.41, 5.74) is 1.28. The van der Waals surface area contributed by atoms with Gasteiger partial charge in [-0.25, -0.2) is 0 Å². The minimum atomic E-state index is 0.158. The van der Waals surface area contributed by atoms with Crippen LogP contribution in [-0.2, 0) is 4.74 Å². The van der Waals surface area contributed by atoms with Crippen molar-refractivity contribution in [2.24, 2.45) is 17.8 Å². The third-order valence-corrected chi connectivity index (χ3v) is 5.32. The topological polar surface area (TPSA) is 14.2 Å². The third-order valence-electron chi connectivity index (χ3n) is 5.32. The van der Waals surface area contributed by atoms with Crippen LogP contribution in [0.5, 0.6) is 0 Å². The van der Waals surface area contributed by atoms with Crippen molar-refractivity contribution in [3.63, 3.8) is 0 Å². The molecule has 2 heterocycles. The van der Waals surface area contributed by atoms with Gasteiger partial charge in [0.25, 0.3) is 0 Å². The lowest BCUT2D eigenvalue weighted by Crippen LogP contribution is -2.42. The predicted molar refractivity (Wildman–Crippen MR) is 83.6 cm³/mol. The molecule has 0 N–H and O–H groups in total. The van der Waals surface area contributed by atoms with E-state index in [0.717, 1.165) is 6.42 Å². The summed E-state index contributed by atoms with van der Waals surface area (Å²) in [6.07, 6.45) is 3.80. The first kappa shape index (κ1) is 13.7. The molecular weight excluding hydrogens is 246 g/mol. The fraction of sp³-hybridized carbons (Fsp3) is 0.556. The molecule has 20 heavy (non-hydrogen) atoms. The van der Waals surface area contributed by atoms with Crippen LogP contribution in [0.15, 0.2) is 36.5 Å². The first-order valence-corrected chi connectivity index (χ1v) is 7.84. The SMILES string of the molecule is CC[C@H]1OC(n2ccc3ccccc32)[C@H](C)[C@@H](C)[C@@H]1C. The molecule has 0 aliphatic carbocycles. The number of hydrogen-bond donors (Lipinski definition) is 0. The molecule has 1 aliphatic heterocycles. The van der Waals surface area contributed by atoms with Crippen LogP contribution in [0.3, 0.4) is 0 Å². The van der Waals surface area contributed by atoms with Crippen molar-refractivity contribution < 1.29 is 4.74 Å². The van der Waals surface area contributed by atoms with Gasteiger partial charge in [0.15, 0.2) is 0 Å². The van der Waals surface area contributed by atoms with Gasteiger partial charge in [-0.15, -0.1) is 0 Å². The van der Waals surface area contributed by atoms with Gasteiger partial charge in [-0.05, 0) is 35.8 Å². The molecule has 2 aromatic rings. The van der Waals surface area contributed by atoms with E-state index in [4.69, 9.17) is 4.74 Å². The number of nitrogens with zero attached hydrogens (tertiary/aromatic N) is 1. The standard InChI is InChI=1S/C18H25NO/c1-5-17-13(3)12(2)14(4)18(20-17)19-11-10-15-8-6-7-9-16(15)19/h6-14,17-18H,5H2,1-4H3/t12-,13-,14+,17+,18?/m0/s1. The van der Waals surface area contributed by atoms with Crippen molar-refractivity contribution in [1.29, 1.82) is 0 Å². The van der Waals surface area contributed by atoms with E-state index >= 15 is 0 Å². The number of fused-ring (bicyclic) bond motifs is 1. The zero-order valence-electron chi connectivity index (χ0n) is 12.9. The van der Waals surface area contributed by atoms with Crippen LogP contribution in [0.1, 0.15) is 40.3 Å². The Labute approximate surface area is 121 Å². The van der Waals surface area contributed by atoms with Crippen LogP contribution in [-0.4, -0.2) is 10.7 Å². The minimum Gasteiger partial charge on any atom is -0.354 e. The molecule has 0 bridgehead atoms. The fourth-order valence-corrected chi connectivity index (χ4v) is 3.62. The molecule has 5 atom stereocenters. The molecule has 0 radical (unpaired) electrons. The summed E-state index contributed by atoms with van der Waals surface area (Å²) < 4.78 is 8.77. The quantitative estimate of drug-likeness (QED) is 0.761. The maximum atomic E-state index is 6.45. The maximum Gasteiger partial charge on any atom is 0.137 e. The molecular formula is C18H25NO. The molecule has 1 aromatic carbocycles. The van der Waals surface area contributed by atoms with Crippen molar-refractivity contribution in [3.8, 4) is 0 Å². The van der Waals surface area contributed by atoms with E-state index in [1.807, 2.05) is 0 Å². The number of rotatable bonds is 2. The van der Waals surface area contributed by atoms with Crippen LogP contribution in [0.4, 0.5) is 0 Å². The fourth-order valence-electron chi connectivity index (χ4n) is 3.62. The average Bonchev–Trinajstić information content (AvgIpc) is 2.89. The second-order valence-electron chi connectivity index (χ2n) is 6.33. The summed E-state index contributed by atoms with van der Waals surface area (Å²) in [5, 5.41) is 1.29. The lowest BCUT2D eigenvalue weighted by molar-refractivity contribution is -0.166. The Morgan fingerprint density at radius 2 is 1.75 bits per heavy atom. The van der Waals surface area contributed by atoms with Gasteiger partial charge in [0.2, 0.25) is 0 Å². The van der Waals surface area contributed by atoms with E-state index in [1.165, 1.54) is 10.9 Å². The van der Waals surface area contributed by atoms with Gasteiger partial charge in [0.1, 0.15) is 6.23 Å². The van der Waals surface area contributed by atoms with E-state index in [1.54, 1.807) is 0 Å². The van der Waals surface area contributed by atoms with E-state index in [2.05, 4.69) is 68.8 Å². The van der Waals surface area contributed by atoms with Gasteiger partial charge in [0, 0.05) is 12.1 Å². The summed E-state index contributed by atoms with van der Waals surface area (Å²) in [6.45, 7) is 9.26. The van der Waals surface area contributed by atoms with Gasteiger partial charge in [-0.3, -0.25) is 0 Å². The molecule has 0 spiro atoms. The van der Waals surface area contributed by atoms with E-state index in [9.17, 15) is 0 Å². The molecule has 0 amide bonds. The summed E-state index contributed by atoms with van der Waals surface area (Å²) in [4.78, 5) is 0. The normalized spacial score (nSPS) is 34.5. The molecule has 2 heteroatoms. The van der Waals surface area contributed by atoms with Crippen LogP contribution >= 0.6 is 0 Å². The van der Waals surface area contributed by atoms with Crippen LogP contribution in [0, 0.1) is 17.8 Å². The maximum absolute atomic E-state index is 6.45. The van der Waals surface area contributed by atoms with Crippen molar-refractivity contribution in [3.05, 3.63) is 36.5 Å². The third kappa shape index (κ3) is 2.07. The lowest BCUT2D eigenvalue weighted by Gasteiger charge is -2.44. The Balaban J connectivity index is 2.00. The Hall–Kier alpha value is -1.28. The molecule has 2 nitrogen and oxygen atoms in total. The molecule has 1 aliphatic rings. The zero-order chi connectivity index (χ0) is 14.3. The number of ether oxygens (including phenoxy) is 1. The van der Waals surface area contributed by atoms with E-state index in [-0.39, 0.29) is 6.23 Å². The van der Waals surface area contributed by atoms with Crippen LogP contribution < -0.4 is 0 Å². The number of benzene rings is 1. The first-order chi connectivity index (χ1) is 9.63. The Kier molecular flexibility index (Phi) is 3.59. The number of para-hydroxylation sites is 1. The first-order valence-electron chi connectivity index (χ1n) is 7.84. The summed E-state index contributed by atoms with van der Waals surface area (Å²) in [7, 11) is 0. The Bertz CT molecular complexity index is 586. The molecule has 1 aromatic heterocycles. The minimum absolute atomic E-state index is 0.158. The highest BCUT2D eigenvalue weighted by atomic mass is 16.5. The van der Waals surface area contributed by atoms with Crippen molar-refractivity contribution in [2.45, 2.75) is 46.4 Å². The van der Waals surface area contributed by atoms with E-state index < -0.39 is 0 Å². The second kappa shape index (κ2) is 5.25.